The Morgan fingerprint density at radius 1 is 1.04 bits per heavy atom. The summed E-state index contributed by atoms with van der Waals surface area (Å²) in [5, 5.41) is 10.2. The van der Waals surface area contributed by atoms with Crippen molar-refractivity contribution < 1.29 is 5.11 Å². The molecule has 0 bridgehead atoms. The first-order valence-electron chi connectivity index (χ1n) is 9.49. The molecule has 1 N–H and O–H groups in total. The highest BCUT2D eigenvalue weighted by Crippen LogP contribution is 2.28. The summed E-state index contributed by atoms with van der Waals surface area (Å²) >= 11 is 6.16. The molecule has 1 atom stereocenters. The zero-order valence-corrected chi connectivity index (χ0v) is 16.2. The van der Waals surface area contributed by atoms with Gasteiger partial charge in [0.05, 0.1) is 11.8 Å². The number of aliphatic hydroxyl groups is 1. The van der Waals surface area contributed by atoms with E-state index in [0.717, 1.165) is 48.3 Å². The average molecular weight is 379 g/mol. The van der Waals surface area contributed by atoms with Crippen LogP contribution in [0.15, 0.2) is 48.5 Å². The molecule has 27 heavy (non-hydrogen) atoms. The lowest BCUT2D eigenvalue weighted by Gasteiger charge is -2.11. The number of aliphatic hydroxyl groups excluding tert-OH is 1. The molecule has 1 aliphatic rings. The normalized spacial score (nSPS) is 14.2. The van der Waals surface area contributed by atoms with Crippen LogP contribution in [0.3, 0.4) is 0 Å². The number of aryl methyl sites for hydroxylation is 1. The molecule has 138 valence electrons. The smallest absolute Gasteiger partial charge is 0.159 e. The highest BCUT2D eigenvalue weighted by atomic mass is 35.5. The number of rotatable bonds is 5. The van der Waals surface area contributed by atoms with E-state index in [1.54, 1.807) is 0 Å². The highest BCUT2D eigenvalue weighted by Gasteiger charge is 2.20. The molecule has 0 spiro atoms. The molecule has 0 radical (unpaired) electrons. The van der Waals surface area contributed by atoms with Crippen LogP contribution in [0.25, 0.3) is 11.4 Å². The lowest BCUT2D eigenvalue weighted by molar-refractivity contribution is 0.195. The maximum Gasteiger partial charge on any atom is 0.159 e. The van der Waals surface area contributed by atoms with Gasteiger partial charge in [0.25, 0.3) is 0 Å². The van der Waals surface area contributed by atoms with Crippen molar-refractivity contribution in [3.05, 3.63) is 81.6 Å². The largest absolute Gasteiger partial charge is 0.393 e. The van der Waals surface area contributed by atoms with Gasteiger partial charge >= 0.3 is 0 Å². The van der Waals surface area contributed by atoms with Gasteiger partial charge in [-0.25, -0.2) is 9.97 Å². The van der Waals surface area contributed by atoms with Crippen LogP contribution in [0, 0.1) is 0 Å². The van der Waals surface area contributed by atoms with Crippen LogP contribution in [-0.2, 0) is 25.7 Å². The molecule has 0 amide bonds. The molecule has 0 saturated heterocycles. The summed E-state index contributed by atoms with van der Waals surface area (Å²) in [6.45, 7) is 1.81. The molecule has 0 saturated carbocycles. The monoisotopic (exact) mass is 378 g/mol. The number of fused-ring (bicyclic) bond motifs is 1. The van der Waals surface area contributed by atoms with Gasteiger partial charge in [-0.3, -0.25) is 0 Å². The fourth-order valence-corrected chi connectivity index (χ4v) is 3.93. The van der Waals surface area contributed by atoms with E-state index in [1.807, 2.05) is 31.2 Å². The van der Waals surface area contributed by atoms with Crippen LogP contribution < -0.4 is 0 Å². The van der Waals surface area contributed by atoms with E-state index >= 15 is 0 Å². The molecule has 4 rings (SSSR count). The molecule has 0 fully saturated rings. The molecule has 1 heterocycles. The Kier molecular flexibility index (Phi) is 5.24. The quantitative estimate of drug-likeness (QED) is 0.693. The van der Waals surface area contributed by atoms with Crippen molar-refractivity contribution in [2.45, 2.75) is 45.1 Å². The van der Waals surface area contributed by atoms with Gasteiger partial charge in [0.15, 0.2) is 5.82 Å². The SMILES string of the molecule is C[C@H](O)Cc1ccc(Cc2nc(-c3cccc(Cl)c3)nc3c2CCC3)cc1. The highest BCUT2D eigenvalue weighted by molar-refractivity contribution is 6.30. The molecule has 4 heteroatoms. The maximum absolute atomic E-state index is 9.55. The predicted octanol–water partition coefficient (Wildman–Crippen LogP) is 4.80. The Hall–Kier alpha value is -2.23. The summed E-state index contributed by atoms with van der Waals surface area (Å²) in [5.74, 6) is 0.763. The third-order valence-electron chi connectivity index (χ3n) is 5.03. The zero-order chi connectivity index (χ0) is 18.8. The second-order valence-electron chi connectivity index (χ2n) is 7.33. The Balaban J connectivity index is 1.66. The second kappa shape index (κ2) is 7.79. The van der Waals surface area contributed by atoms with E-state index in [9.17, 15) is 5.11 Å². The molecule has 1 aliphatic carbocycles. The van der Waals surface area contributed by atoms with Gasteiger partial charge in [-0.05, 0) is 61.4 Å². The fourth-order valence-electron chi connectivity index (χ4n) is 3.74. The Morgan fingerprint density at radius 3 is 2.56 bits per heavy atom. The van der Waals surface area contributed by atoms with Crippen molar-refractivity contribution in [2.24, 2.45) is 0 Å². The van der Waals surface area contributed by atoms with Crippen LogP contribution in [0.1, 0.15) is 41.4 Å². The van der Waals surface area contributed by atoms with E-state index < -0.39 is 0 Å². The molecular weight excluding hydrogens is 356 g/mol. The zero-order valence-electron chi connectivity index (χ0n) is 15.5. The summed E-state index contributed by atoms with van der Waals surface area (Å²) in [5.41, 5.74) is 6.96. The Bertz CT molecular complexity index is 951. The maximum atomic E-state index is 9.55. The molecule has 2 aromatic carbocycles. The van der Waals surface area contributed by atoms with Crippen molar-refractivity contribution in [3.8, 4) is 11.4 Å². The lowest BCUT2D eigenvalue weighted by atomic mass is 10.0. The van der Waals surface area contributed by atoms with Crippen LogP contribution in [0.5, 0.6) is 0 Å². The molecule has 3 aromatic rings. The van der Waals surface area contributed by atoms with E-state index in [-0.39, 0.29) is 6.10 Å². The number of nitrogens with zero attached hydrogens (tertiary/aromatic N) is 2. The van der Waals surface area contributed by atoms with Crippen LogP contribution in [0.2, 0.25) is 5.02 Å². The minimum atomic E-state index is -0.318. The van der Waals surface area contributed by atoms with Crippen molar-refractivity contribution in [1.82, 2.24) is 9.97 Å². The number of hydrogen-bond donors (Lipinski definition) is 1. The topological polar surface area (TPSA) is 46.0 Å². The van der Waals surface area contributed by atoms with Crippen LogP contribution in [-0.4, -0.2) is 21.2 Å². The Labute approximate surface area is 165 Å². The second-order valence-corrected chi connectivity index (χ2v) is 7.77. The number of aromatic nitrogens is 2. The first-order chi connectivity index (χ1) is 13.1. The third kappa shape index (κ3) is 4.20. The number of halogens is 1. The molecule has 0 aliphatic heterocycles. The summed E-state index contributed by atoms with van der Waals surface area (Å²) in [6, 6.07) is 16.2. The van der Waals surface area contributed by atoms with Gasteiger partial charge in [0.1, 0.15) is 0 Å². The predicted molar refractivity (Wildman–Crippen MR) is 109 cm³/mol. The Morgan fingerprint density at radius 2 is 1.81 bits per heavy atom. The summed E-state index contributed by atoms with van der Waals surface area (Å²) < 4.78 is 0. The standard InChI is InChI=1S/C23H23ClN2O/c1-15(27)12-16-8-10-17(11-9-16)13-22-20-6-3-7-21(20)25-23(26-22)18-4-2-5-19(24)14-18/h2,4-5,8-11,14-15,27H,3,6-7,12-13H2,1H3/t15-/m0/s1. The minimum Gasteiger partial charge on any atom is -0.393 e. The van der Waals surface area contributed by atoms with E-state index in [0.29, 0.717) is 11.4 Å². The van der Waals surface area contributed by atoms with Crippen molar-refractivity contribution in [1.29, 1.82) is 0 Å². The van der Waals surface area contributed by atoms with E-state index in [1.165, 1.54) is 16.8 Å². The van der Waals surface area contributed by atoms with E-state index in [4.69, 9.17) is 21.6 Å². The summed E-state index contributed by atoms with van der Waals surface area (Å²) in [4.78, 5) is 9.73. The third-order valence-corrected chi connectivity index (χ3v) is 5.26. The molecule has 3 nitrogen and oxygen atoms in total. The summed E-state index contributed by atoms with van der Waals surface area (Å²) in [6.07, 6.45) is 4.38. The van der Waals surface area contributed by atoms with Gasteiger partial charge in [-0.15, -0.1) is 0 Å². The van der Waals surface area contributed by atoms with Crippen LogP contribution >= 0.6 is 11.6 Å². The van der Waals surface area contributed by atoms with Gasteiger partial charge in [-0.1, -0.05) is 48.0 Å². The van der Waals surface area contributed by atoms with Crippen molar-refractivity contribution in [3.63, 3.8) is 0 Å². The van der Waals surface area contributed by atoms with Crippen LogP contribution in [0.4, 0.5) is 0 Å². The summed E-state index contributed by atoms with van der Waals surface area (Å²) in [7, 11) is 0. The van der Waals surface area contributed by atoms with Gasteiger partial charge in [-0.2, -0.15) is 0 Å². The lowest BCUT2D eigenvalue weighted by Crippen LogP contribution is -2.05. The van der Waals surface area contributed by atoms with Gasteiger partial charge < -0.3 is 5.11 Å². The van der Waals surface area contributed by atoms with Gasteiger partial charge in [0, 0.05) is 22.7 Å². The first kappa shape index (κ1) is 18.1. The van der Waals surface area contributed by atoms with E-state index in [2.05, 4.69) is 24.3 Å². The molecule has 0 unspecified atom stereocenters. The average Bonchev–Trinajstić information content (AvgIpc) is 3.12. The molecular formula is C23H23ClN2O. The molecule has 1 aromatic heterocycles. The van der Waals surface area contributed by atoms with Gasteiger partial charge in [0.2, 0.25) is 0 Å². The number of benzene rings is 2. The fraction of sp³-hybridized carbons (Fsp3) is 0.304. The van der Waals surface area contributed by atoms with Crippen molar-refractivity contribution in [2.75, 3.05) is 0 Å². The minimum absolute atomic E-state index is 0.318. The first-order valence-corrected chi connectivity index (χ1v) is 9.87. The van der Waals surface area contributed by atoms with Crippen molar-refractivity contribution >= 4 is 11.6 Å². The number of hydrogen-bond acceptors (Lipinski definition) is 3.